The molecule has 0 saturated heterocycles. The number of aromatic nitrogens is 2. The molecular weight excluding hydrogens is 202 g/mol. The summed E-state index contributed by atoms with van der Waals surface area (Å²) < 4.78 is 0. The summed E-state index contributed by atoms with van der Waals surface area (Å²) in [6.07, 6.45) is 5.22. The van der Waals surface area contributed by atoms with Crippen LogP contribution in [0.25, 0.3) is 0 Å². The molecule has 0 aromatic carbocycles. The Hall–Kier alpha value is -2.23. The third-order valence-electron chi connectivity index (χ3n) is 2.01. The summed E-state index contributed by atoms with van der Waals surface area (Å²) in [6.45, 7) is 0. The molecule has 0 unspecified atom stereocenters. The summed E-state index contributed by atoms with van der Waals surface area (Å²) in [4.78, 5) is 19.6. The Balaban J connectivity index is 1.95. The highest BCUT2D eigenvalue weighted by Crippen LogP contribution is 2.04. The summed E-state index contributed by atoms with van der Waals surface area (Å²) in [5.74, 6) is -0.0910. The molecular formula is C12H11N3O. The molecule has 1 amide bonds. The van der Waals surface area contributed by atoms with Crippen LogP contribution in [0.4, 0.5) is 5.69 Å². The Morgan fingerprint density at radius 2 is 2.12 bits per heavy atom. The van der Waals surface area contributed by atoms with Crippen LogP contribution in [-0.2, 0) is 11.2 Å². The predicted molar refractivity (Wildman–Crippen MR) is 60.8 cm³/mol. The number of pyridine rings is 2. The van der Waals surface area contributed by atoms with Crippen LogP contribution in [0.15, 0.2) is 48.9 Å². The fourth-order valence-electron chi connectivity index (χ4n) is 1.31. The van der Waals surface area contributed by atoms with Crippen LogP contribution in [-0.4, -0.2) is 15.9 Å². The number of hydrogen-bond acceptors (Lipinski definition) is 3. The Morgan fingerprint density at radius 1 is 1.19 bits per heavy atom. The van der Waals surface area contributed by atoms with Gasteiger partial charge in [0.15, 0.2) is 0 Å². The average Bonchev–Trinajstić information content (AvgIpc) is 2.31. The molecule has 0 aliphatic carbocycles. The zero-order chi connectivity index (χ0) is 11.2. The van der Waals surface area contributed by atoms with Gasteiger partial charge >= 0.3 is 0 Å². The summed E-state index contributed by atoms with van der Waals surface area (Å²) in [5.41, 5.74) is 1.45. The number of nitrogens with one attached hydrogen (secondary N) is 1. The smallest absolute Gasteiger partial charge is 0.230 e. The molecule has 0 bridgehead atoms. The molecule has 2 heterocycles. The highest BCUT2D eigenvalue weighted by Gasteiger charge is 2.04. The van der Waals surface area contributed by atoms with Crippen LogP contribution in [0.3, 0.4) is 0 Å². The van der Waals surface area contributed by atoms with E-state index in [9.17, 15) is 4.79 Å². The second-order valence-electron chi connectivity index (χ2n) is 3.29. The third kappa shape index (κ3) is 2.88. The molecule has 0 radical (unpaired) electrons. The lowest BCUT2D eigenvalue weighted by atomic mass is 10.2. The topological polar surface area (TPSA) is 54.9 Å². The van der Waals surface area contributed by atoms with Crippen LogP contribution in [0.1, 0.15) is 5.69 Å². The van der Waals surface area contributed by atoms with E-state index in [0.717, 1.165) is 5.69 Å². The summed E-state index contributed by atoms with van der Waals surface area (Å²) in [5, 5.41) is 2.75. The van der Waals surface area contributed by atoms with Crippen molar-refractivity contribution in [2.75, 3.05) is 5.32 Å². The van der Waals surface area contributed by atoms with Gasteiger partial charge in [0.05, 0.1) is 18.3 Å². The van der Waals surface area contributed by atoms with Gasteiger partial charge in [-0.1, -0.05) is 6.07 Å². The molecule has 2 rings (SSSR count). The molecule has 0 aliphatic heterocycles. The zero-order valence-corrected chi connectivity index (χ0v) is 8.63. The van der Waals surface area contributed by atoms with E-state index in [1.807, 2.05) is 18.2 Å². The molecule has 0 spiro atoms. The number of anilines is 1. The van der Waals surface area contributed by atoms with Gasteiger partial charge in [0.2, 0.25) is 5.91 Å². The van der Waals surface area contributed by atoms with E-state index in [1.165, 1.54) is 0 Å². The van der Waals surface area contributed by atoms with Crippen LogP contribution < -0.4 is 5.32 Å². The van der Waals surface area contributed by atoms with Crippen LogP contribution >= 0.6 is 0 Å². The van der Waals surface area contributed by atoms with Gasteiger partial charge in [0.25, 0.3) is 0 Å². The molecule has 0 fully saturated rings. The largest absolute Gasteiger partial charge is 0.324 e. The second-order valence-corrected chi connectivity index (χ2v) is 3.29. The maximum Gasteiger partial charge on any atom is 0.230 e. The molecule has 4 heteroatoms. The quantitative estimate of drug-likeness (QED) is 0.843. The third-order valence-corrected chi connectivity index (χ3v) is 2.01. The predicted octanol–water partition coefficient (Wildman–Crippen LogP) is 1.66. The van der Waals surface area contributed by atoms with Gasteiger partial charge in [-0.2, -0.15) is 0 Å². The highest BCUT2D eigenvalue weighted by molar-refractivity contribution is 5.91. The van der Waals surface area contributed by atoms with Gasteiger partial charge in [-0.15, -0.1) is 0 Å². The number of amides is 1. The molecule has 16 heavy (non-hydrogen) atoms. The summed E-state index contributed by atoms with van der Waals surface area (Å²) >= 11 is 0. The van der Waals surface area contributed by atoms with Gasteiger partial charge in [0, 0.05) is 18.1 Å². The summed E-state index contributed by atoms with van der Waals surface area (Å²) in [7, 11) is 0. The summed E-state index contributed by atoms with van der Waals surface area (Å²) in [6, 6.07) is 9.07. The van der Waals surface area contributed by atoms with Crippen molar-refractivity contribution >= 4 is 11.6 Å². The van der Waals surface area contributed by atoms with Crippen molar-refractivity contribution < 1.29 is 4.79 Å². The Morgan fingerprint density at radius 3 is 2.81 bits per heavy atom. The molecule has 0 saturated carbocycles. The molecule has 4 nitrogen and oxygen atoms in total. The molecule has 0 aliphatic rings. The van der Waals surface area contributed by atoms with Crippen LogP contribution in [0, 0.1) is 0 Å². The van der Waals surface area contributed by atoms with Crippen molar-refractivity contribution in [3.05, 3.63) is 54.6 Å². The molecule has 80 valence electrons. The standard InChI is InChI=1S/C12H11N3O/c16-12(8-10-4-1-2-7-14-10)15-11-5-3-6-13-9-11/h1-7,9H,8H2,(H,15,16). The minimum absolute atomic E-state index is 0.0910. The van der Waals surface area contributed by atoms with E-state index in [0.29, 0.717) is 5.69 Å². The average molecular weight is 213 g/mol. The van der Waals surface area contributed by atoms with Crippen LogP contribution in [0.5, 0.6) is 0 Å². The Labute approximate surface area is 93.4 Å². The number of hydrogen-bond donors (Lipinski definition) is 1. The van der Waals surface area contributed by atoms with Crippen molar-refractivity contribution in [3.8, 4) is 0 Å². The normalized spacial score (nSPS) is 9.75. The lowest BCUT2D eigenvalue weighted by Crippen LogP contribution is -2.15. The van der Waals surface area contributed by atoms with E-state index in [-0.39, 0.29) is 12.3 Å². The fourth-order valence-corrected chi connectivity index (χ4v) is 1.31. The van der Waals surface area contributed by atoms with Crippen molar-refractivity contribution in [2.45, 2.75) is 6.42 Å². The molecule has 1 N–H and O–H groups in total. The maximum absolute atomic E-state index is 11.6. The maximum atomic E-state index is 11.6. The van der Waals surface area contributed by atoms with Crippen LogP contribution in [0.2, 0.25) is 0 Å². The van der Waals surface area contributed by atoms with Crippen molar-refractivity contribution in [3.63, 3.8) is 0 Å². The molecule has 2 aromatic rings. The second kappa shape index (κ2) is 5.02. The van der Waals surface area contributed by atoms with Crippen molar-refractivity contribution in [1.29, 1.82) is 0 Å². The van der Waals surface area contributed by atoms with E-state index >= 15 is 0 Å². The monoisotopic (exact) mass is 213 g/mol. The Kier molecular flexibility index (Phi) is 3.23. The number of rotatable bonds is 3. The van der Waals surface area contributed by atoms with Gasteiger partial charge < -0.3 is 5.32 Å². The first-order valence-corrected chi connectivity index (χ1v) is 4.94. The Bertz CT molecular complexity index is 413. The number of carbonyl (C=O) groups excluding carboxylic acids is 1. The number of nitrogens with zero attached hydrogens (tertiary/aromatic N) is 2. The van der Waals surface area contributed by atoms with E-state index in [2.05, 4.69) is 15.3 Å². The van der Waals surface area contributed by atoms with E-state index in [1.54, 1.807) is 30.7 Å². The first-order valence-electron chi connectivity index (χ1n) is 4.94. The minimum atomic E-state index is -0.0910. The first kappa shape index (κ1) is 10.3. The van der Waals surface area contributed by atoms with E-state index in [4.69, 9.17) is 0 Å². The molecule has 2 aromatic heterocycles. The highest BCUT2D eigenvalue weighted by atomic mass is 16.1. The van der Waals surface area contributed by atoms with Gasteiger partial charge in [-0.25, -0.2) is 0 Å². The van der Waals surface area contributed by atoms with Crippen molar-refractivity contribution in [1.82, 2.24) is 9.97 Å². The van der Waals surface area contributed by atoms with Crippen molar-refractivity contribution in [2.24, 2.45) is 0 Å². The fraction of sp³-hybridized carbons (Fsp3) is 0.0833. The lowest BCUT2D eigenvalue weighted by molar-refractivity contribution is -0.115. The molecule has 0 atom stereocenters. The lowest BCUT2D eigenvalue weighted by Gasteiger charge is -2.03. The SMILES string of the molecule is O=C(Cc1ccccn1)Nc1cccnc1. The van der Waals surface area contributed by atoms with Gasteiger partial charge in [0.1, 0.15) is 0 Å². The minimum Gasteiger partial charge on any atom is -0.324 e. The zero-order valence-electron chi connectivity index (χ0n) is 8.63. The van der Waals surface area contributed by atoms with Gasteiger partial charge in [-0.3, -0.25) is 14.8 Å². The van der Waals surface area contributed by atoms with E-state index < -0.39 is 0 Å². The van der Waals surface area contributed by atoms with Gasteiger partial charge in [-0.05, 0) is 24.3 Å². The number of carbonyl (C=O) groups is 1. The first-order chi connectivity index (χ1) is 7.84.